The van der Waals surface area contributed by atoms with E-state index < -0.39 is 10.0 Å². The zero-order chi connectivity index (χ0) is 21.8. The summed E-state index contributed by atoms with van der Waals surface area (Å²) >= 11 is 0. The molecule has 1 aromatic heterocycles. The van der Waals surface area contributed by atoms with Crippen molar-refractivity contribution in [1.29, 1.82) is 0 Å². The lowest BCUT2D eigenvalue weighted by molar-refractivity contribution is 0.174. The number of nitrogens with zero attached hydrogens (tertiary/aromatic N) is 3. The van der Waals surface area contributed by atoms with E-state index in [4.69, 9.17) is 4.74 Å². The van der Waals surface area contributed by atoms with E-state index in [1.807, 2.05) is 19.1 Å². The Labute approximate surface area is 182 Å². The van der Waals surface area contributed by atoms with Crippen molar-refractivity contribution in [2.45, 2.75) is 18.2 Å². The van der Waals surface area contributed by atoms with Crippen LogP contribution in [0.2, 0.25) is 0 Å². The first kappa shape index (κ1) is 21.7. The molecule has 0 amide bonds. The second kappa shape index (κ2) is 9.30. The van der Waals surface area contributed by atoms with Crippen LogP contribution in [0.1, 0.15) is 12.0 Å². The molecule has 164 valence electrons. The van der Waals surface area contributed by atoms with E-state index in [1.54, 1.807) is 34.8 Å². The van der Waals surface area contributed by atoms with Crippen molar-refractivity contribution in [3.8, 4) is 5.75 Å². The first-order valence-corrected chi connectivity index (χ1v) is 11.8. The molecule has 1 aliphatic rings. The van der Waals surface area contributed by atoms with E-state index in [9.17, 15) is 12.8 Å². The van der Waals surface area contributed by atoms with Crippen LogP contribution in [0.5, 0.6) is 5.75 Å². The highest BCUT2D eigenvalue weighted by Crippen LogP contribution is 2.25. The van der Waals surface area contributed by atoms with Crippen LogP contribution in [-0.2, 0) is 10.0 Å². The number of hydrogen-bond acceptors (Lipinski definition) is 5. The maximum atomic E-state index is 13.3. The van der Waals surface area contributed by atoms with Crippen molar-refractivity contribution in [2.24, 2.45) is 0 Å². The second-order valence-electron chi connectivity index (χ2n) is 7.74. The third-order valence-electron chi connectivity index (χ3n) is 5.46. The molecular weight excluding hydrogens is 417 g/mol. The first-order chi connectivity index (χ1) is 14.9. The molecule has 0 saturated carbocycles. The van der Waals surface area contributed by atoms with Gasteiger partial charge in [-0.25, -0.2) is 12.8 Å². The molecule has 6 nitrogen and oxygen atoms in total. The Hall–Kier alpha value is -2.55. The molecule has 3 aromatic rings. The van der Waals surface area contributed by atoms with Gasteiger partial charge in [0.1, 0.15) is 16.5 Å². The van der Waals surface area contributed by atoms with Gasteiger partial charge in [0.2, 0.25) is 10.0 Å². The number of hydrogen-bond donors (Lipinski definition) is 0. The molecule has 1 saturated heterocycles. The molecule has 1 fully saturated rings. The van der Waals surface area contributed by atoms with Gasteiger partial charge in [0.05, 0.1) is 12.1 Å². The summed E-state index contributed by atoms with van der Waals surface area (Å²) in [4.78, 5) is 6.90. The minimum absolute atomic E-state index is 0.270. The zero-order valence-corrected chi connectivity index (χ0v) is 18.3. The highest BCUT2D eigenvalue weighted by molar-refractivity contribution is 7.89. The fourth-order valence-electron chi connectivity index (χ4n) is 3.79. The van der Waals surface area contributed by atoms with Gasteiger partial charge in [-0.05, 0) is 55.3 Å². The summed E-state index contributed by atoms with van der Waals surface area (Å²) < 4.78 is 46.6. The number of rotatable bonds is 7. The van der Waals surface area contributed by atoms with E-state index >= 15 is 0 Å². The third-order valence-corrected chi connectivity index (χ3v) is 7.39. The topological polar surface area (TPSA) is 62.7 Å². The lowest BCUT2D eigenvalue weighted by Crippen LogP contribution is -2.48. The number of fused-ring (bicyclic) bond motifs is 1. The summed E-state index contributed by atoms with van der Waals surface area (Å²) in [5.74, 6) is 0.366. The van der Waals surface area contributed by atoms with Crippen LogP contribution >= 0.6 is 0 Å². The molecule has 0 radical (unpaired) electrons. The molecule has 0 N–H and O–H groups in total. The number of para-hydroxylation sites is 1. The third kappa shape index (κ3) is 5.03. The molecule has 2 aromatic carbocycles. The van der Waals surface area contributed by atoms with E-state index in [1.165, 1.54) is 12.1 Å². The molecule has 0 bridgehead atoms. The van der Waals surface area contributed by atoms with E-state index in [-0.39, 0.29) is 10.7 Å². The minimum atomic E-state index is -3.60. The quantitative estimate of drug-likeness (QED) is 0.524. The van der Waals surface area contributed by atoms with Crippen LogP contribution in [0.4, 0.5) is 4.39 Å². The molecule has 2 heterocycles. The van der Waals surface area contributed by atoms with E-state index in [2.05, 4.69) is 9.88 Å². The van der Waals surface area contributed by atoms with Gasteiger partial charge in [-0.2, -0.15) is 4.31 Å². The molecule has 0 atom stereocenters. The smallest absolute Gasteiger partial charge is 0.245 e. The average Bonchev–Trinajstić information content (AvgIpc) is 2.77. The Kier molecular flexibility index (Phi) is 6.50. The van der Waals surface area contributed by atoms with Gasteiger partial charge in [0.15, 0.2) is 0 Å². The highest BCUT2D eigenvalue weighted by Gasteiger charge is 2.30. The minimum Gasteiger partial charge on any atom is -0.494 e. The van der Waals surface area contributed by atoms with Crippen molar-refractivity contribution in [3.05, 3.63) is 66.1 Å². The van der Waals surface area contributed by atoms with Gasteiger partial charge < -0.3 is 9.64 Å². The van der Waals surface area contributed by atoms with Crippen molar-refractivity contribution >= 4 is 20.9 Å². The summed E-state index contributed by atoms with van der Waals surface area (Å²) in [6.45, 7) is 5.54. The van der Waals surface area contributed by atoms with Gasteiger partial charge in [0.25, 0.3) is 0 Å². The molecule has 0 aliphatic carbocycles. The van der Waals surface area contributed by atoms with Crippen LogP contribution in [0.15, 0.2) is 59.6 Å². The summed E-state index contributed by atoms with van der Waals surface area (Å²) in [5.41, 5.74) is 1.52. The average molecular weight is 444 g/mol. The van der Waals surface area contributed by atoms with Gasteiger partial charge in [0, 0.05) is 44.3 Å². The van der Waals surface area contributed by atoms with E-state index in [0.717, 1.165) is 23.9 Å². The van der Waals surface area contributed by atoms with Crippen molar-refractivity contribution < 1.29 is 17.5 Å². The lowest BCUT2D eigenvalue weighted by Gasteiger charge is -2.34. The van der Waals surface area contributed by atoms with Crippen LogP contribution in [0.25, 0.3) is 10.9 Å². The molecule has 31 heavy (non-hydrogen) atoms. The Morgan fingerprint density at radius 2 is 1.81 bits per heavy atom. The number of aryl methyl sites for hydroxylation is 1. The zero-order valence-electron chi connectivity index (χ0n) is 17.5. The van der Waals surface area contributed by atoms with Crippen LogP contribution in [0.3, 0.4) is 0 Å². The predicted octanol–water partition coefficient (Wildman–Crippen LogP) is 3.46. The summed E-state index contributed by atoms with van der Waals surface area (Å²) in [7, 11) is -3.60. The van der Waals surface area contributed by atoms with Gasteiger partial charge in [-0.3, -0.25) is 4.98 Å². The van der Waals surface area contributed by atoms with Gasteiger partial charge >= 0.3 is 0 Å². The number of sulfonamides is 1. The number of aromatic nitrogens is 1. The molecule has 8 heteroatoms. The monoisotopic (exact) mass is 443 g/mol. The SMILES string of the molecule is Cc1cnc2c(S(=O)(=O)N3CCN(CCCOc4ccc(F)cc4)CC3)cccc2c1. The summed E-state index contributed by atoms with van der Waals surface area (Å²) in [6.07, 6.45) is 2.52. The fourth-order valence-corrected chi connectivity index (χ4v) is 5.38. The number of halogens is 1. The molecule has 0 unspecified atom stereocenters. The van der Waals surface area contributed by atoms with E-state index in [0.29, 0.717) is 44.1 Å². The van der Waals surface area contributed by atoms with Gasteiger partial charge in [-0.15, -0.1) is 0 Å². The Morgan fingerprint density at radius 1 is 1.06 bits per heavy atom. The summed E-state index contributed by atoms with van der Waals surface area (Å²) in [6, 6.07) is 13.2. The van der Waals surface area contributed by atoms with Crippen molar-refractivity contribution in [1.82, 2.24) is 14.2 Å². The number of pyridine rings is 1. The predicted molar refractivity (Wildman–Crippen MR) is 118 cm³/mol. The molecule has 0 spiro atoms. The number of piperazine rings is 1. The van der Waals surface area contributed by atoms with Gasteiger partial charge in [-0.1, -0.05) is 12.1 Å². The highest BCUT2D eigenvalue weighted by atomic mass is 32.2. The molecule has 1 aliphatic heterocycles. The largest absolute Gasteiger partial charge is 0.494 e. The van der Waals surface area contributed by atoms with Crippen LogP contribution < -0.4 is 4.74 Å². The van der Waals surface area contributed by atoms with Crippen LogP contribution in [0, 0.1) is 12.7 Å². The second-order valence-corrected chi connectivity index (χ2v) is 9.65. The number of ether oxygens (including phenoxy) is 1. The normalized spacial score (nSPS) is 15.9. The Bertz CT molecular complexity index is 1140. The standard InChI is InChI=1S/C23H26FN3O3S/c1-18-16-19-4-2-5-22(23(19)25-17-18)31(28,29)27-13-11-26(12-14-27)10-3-15-30-21-8-6-20(24)7-9-21/h2,4-9,16-17H,3,10-15H2,1H3. The summed E-state index contributed by atoms with van der Waals surface area (Å²) in [5, 5.41) is 0.834. The fraction of sp³-hybridized carbons (Fsp3) is 0.348. The molecular formula is C23H26FN3O3S. The molecule has 4 rings (SSSR count). The Balaban J connectivity index is 1.31. The maximum absolute atomic E-state index is 13.3. The first-order valence-electron chi connectivity index (χ1n) is 10.4. The maximum Gasteiger partial charge on any atom is 0.245 e. The lowest BCUT2D eigenvalue weighted by atomic mass is 10.2. The van der Waals surface area contributed by atoms with Crippen LogP contribution in [-0.4, -0.2) is 61.9 Å². The van der Waals surface area contributed by atoms with Crippen molar-refractivity contribution in [2.75, 3.05) is 39.3 Å². The van der Waals surface area contributed by atoms with Crippen molar-refractivity contribution in [3.63, 3.8) is 0 Å². The number of benzene rings is 2. The Morgan fingerprint density at radius 3 is 2.55 bits per heavy atom.